The normalized spacial score (nSPS) is 21.8. The molecule has 3 heterocycles. The van der Waals surface area contributed by atoms with E-state index in [-0.39, 0.29) is 30.9 Å². The number of hydrogen-bond donors (Lipinski definition) is 5. The van der Waals surface area contributed by atoms with Crippen LogP contribution < -0.4 is 11.4 Å². The van der Waals surface area contributed by atoms with Crippen molar-refractivity contribution in [3.63, 3.8) is 0 Å². The third-order valence-corrected chi connectivity index (χ3v) is 15.7. The van der Waals surface area contributed by atoms with E-state index in [4.69, 9.17) is 33.7 Å². The molecule has 0 saturated carbocycles. The Morgan fingerprint density at radius 1 is 0.693 bits per heavy atom. The van der Waals surface area contributed by atoms with Gasteiger partial charge in [0.15, 0.2) is 12.3 Å². The summed E-state index contributed by atoms with van der Waals surface area (Å²) in [7, 11) is -10.9. The van der Waals surface area contributed by atoms with Crippen molar-refractivity contribution in [2.45, 2.75) is 243 Å². The highest BCUT2D eigenvalue weighted by atomic mass is 31.3. The lowest BCUT2D eigenvalue weighted by molar-refractivity contribution is -0.161. The highest BCUT2D eigenvalue weighted by Gasteiger charge is 2.46. The zero-order valence-electron chi connectivity index (χ0n) is 45.2. The van der Waals surface area contributed by atoms with Gasteiger partial charge in [0.05, 0.1) is 25.4 Å². The maximum atomic E-state index is 12.9. The summed E-state index contributed by atoms with van der Waals surface area (Å²) in [5.74, 6) is -0.559. The minimum absolute atomic E-state index is 0.0377. The van der Waals surface area contributed by atoms with Crippen LogP contribution in [0.3, 0.4) is 0 Å². The number of aliphatic hydroxyl groups excluding tert-OH is 2. The van der Waals surface area contributed by atoms with Gasteiger partial charge in [-0.15, -0.1) is 0 Å². The molecule has 21 heteroatoms. The van der Waals surface area contributed by atoms with Gasteiger partial charge in [-0.2, -0.15) is 9.29 Å². The van der Waals surface area contributed by atoms with Crippen LogP contribution in [0, 0.1) is 5.92 Å². The number of esters is 2. The smallest absolute Gasteiger partial charge is 0.462 e. The van der Waals surface area contributed by atoms with Crippen LogP contribution in [0.15, 0.2) is 53.5 Å². The Morgan fingerprint density at radius 3 is 1.85 bits per heavy atom. The van der Waals surface area contributed by atoms with E-state index in [9.17, 15) is 43.5 Å². The third kappa shape index (κ3) is 31.2. The second kappa shape index (κ2) is 38.5. The Labute approximate surface area is 446 Å². The molecule has 2 aliphatic rings. The van der Waals surface area contributed by atoms with Crippen LogP contribution in [-0.2, 0) is 51.0 Å². The minimum Gasteiger partial charge on any atom is -0.462 e. The Hall–Kier alpha value is -3.06. The molecule has 2 aliphatic heterocycles. The number of allylic oxidation sites excluding steroid dienone is 4. The highest BCUT2D eigenvalue weighted by molar-refractivity contribution is 7.61. The van der Waals surface area contributed by atoms with Crippen molar-refractivity contribution in [3.05, 3.63) is 59.2 Å². The number of unbranched alkanes of at least 4 members (excludes halogenated alkanes) is 19. The number of hydrogen-bond acceptors (Lipinski definition) is 16. The van der Waals surface area contributed by atoms with Crippen molar-refractivity contribution < 1.29 is 71.0 Å². The number of carbonyl (C=O) groups is 2. The fourth-order valence-corrected chi connectivity index (χ4v) is 10.7. The summed E-state index contributed by atoms with van der Waals surface area (Å²) in [6.45, 7) is 4.42. The summed E-state index contributed by atoms with van der Waals surface area (Å²) in [5.41, 5.74) is 4.59. The lowest BCUT2D eigenvalue weighted by Crippen LogP contribution is -2.36. The van der Waals surface area contributed by atoms with E-state index in [2.05, 4.69) is 54.4 Å². The molecule has 2 saturated heterocycles. The van der Waals surface area contributed by atoms with E-state index in [0.29, 0.717) is 19.3 Å². The molecule has 2 fully saturated rings. The lowest BCUT2D eigenvalue weighted by Gasteiger charge is -2.21. The molecule has 0 amide bonds. The number of nitrogen functional groups attached to an aromatic ring is 1. The summed E-state index contributed by atoms with van der Waals surface area (Å²) < 4.78 is 62.7. The Balaban J connectivity index is 1.38. The van der Waals surface area contributed by atoms with E-state index >= 15 is 0 Å². The van der Waals surface area contributed by atoms with Gasteiger partial charge in [0.25, 0.3) is 0 Å². The van der Waals surface area contributed by atoms with Crippen LogP contribution in [0.25, 0.3) is 0 Å². The average Bonchev–Trinajstić information content (AvgIpc) is 4.05. The summed E-state index contributed by atoms with van der Waals surface area (Å²) in [4.78, 5) is 62.1. The number of aliphatic hydroxyl groups is 2. The molecular weight excluding hydrogens is 1010 g/mol. The number of ether oxygens (including phenoxy) is 4. The molecule has 1 aromatic heterocycles. The van der Waals surface area contributed by atoms with Crippen molar-refractivity contribution in [3.8, 4) is 0 Å². The van der Waals surface area contributed by atoms with Crippen molar-refractivity contribution in [2.24, 2.45) is 5.92 Å². The quantitative estimate of drug-likeness (QED) is 0.0133. The van der Waals surface area contributed by atoms with E-state index in [1.54, 1.807) is 0 Å². The molecule has 0 bridgehead atoms. The maximum Gasteiger partial charge on any atom is 0.481 e. The van der Waals surface area contributed by atoms with Gasteiger partial charge in [0.2, 0.25) is 0 Å². The second-order valence-electron chi connectivity index (χ2n) is 20.3. The van der Waals surface area contributed by atoms with Crippen molar-refractivity contribution in [1.29, 1.82) is 0 Å². The molecule has 1 aromatic rings. The Morgan fingerprint density at radius 2 is 1.24 bits per heavy atom. The number of carbonyl (C=O) groups excluding carboxylic acids is 2. The number of epoxide rings is 1. The molecule has 19 nitrogen and oxygen atoms in total. The molecule has 6 N–H and O–H groups in total. The first-order valence-electron chi connectivity index (χ1n) is 28.0. The summed E-state index contributed by atoms with van der Waals surface area (Å²) in [6.07, 6.45) is 35.3. The lowest BCUT2D eigenvalue weighted by atomic mass is 10.0. The van der Waals surface area contributed by atoms with Crippen molar-refractivity contribution >= 4 is 33.4 Å². The Kier molecular flexibility index (Phi) is 34.0. The maximum absolute atomic E-state index is 12.9. The van der Waals surface area contributed by atoms with Crippen LogP contribution in [0.2, 0.25) is 0 Å². The first-order valence-corrected chi connectivity index (χ1v) is 31.0. The zero-order valence-corrected chi connectivity index (χ0v) is 47.0. The molecule has 4 unspecified atom stereocenters. The van der Waals surface area contributed by atoms with Crippen LogP contribution >= 0.6 is 15.6 Å². The zero-order chi connectivity index (χ0) is 54.7. The van der Waals surface area contributed by atoms with Crippen molar-refractivity contribution in [2.75, 3.05) is 25.6 Å². The largest absolute Gasteiger partial charge is 0.481 e. The van der Waals surface area contributed by atoms with Crippen LogP contribution in [-0.4, -0.2) is 97.9 Å². The second-order valence-corrected chi connectivity index (χ2v) is 23.3. The number of phosphoric acid groups is 2. The molecular formula is C54H93N3O16P2. The summed E-state index contributed by atoms with van der Waals surface area (Å²) in [6, 6.07) is 1.25. The molecule has 75 heavy (non-hydrogen) atoms. The number of nitrogens with zero attached hydrogens (tertiary/aromatic N) is 2. The third-order valence-electron chi connectivity index (χ3n) is 13.1. The van der Waals surface area contributed by atoms with Crippen LogP contribution in [0.1, 0.15) is 207 Å². The van der Waals surface area contributed by atoms with Crippen molar-refractivity contribution in [1.82, 2.24) is 9.55 Å². The number of rotatable bonds is 45. The van der Waals surface area contributed by atoms with Gasteiger partial charge in [-0.3, -0.25) is 23.2 Å². The monoisotopic (exact) mass is 1100 g/mol. The molecule has 9 atom stereocenters. The topological polar surface area (TPSA) is 278 Å². The van der Waals surface area contributed by atoms with E-state index in [0.717, 1.165) is 68.0 Å². The molecule has 0 spiro atoms. The molecule has 0 aromatic carbocycles. The number of nitrogens with two attached hydrogens (primary N) is 1. The standard InChI is InChI=1S/C54H93N3O16P2/c1-4-5-6-7-8-17-21-24-29-34-45-46(71-45)35-30-26-27-31-36-49(58)67-40-44(70-50(59)37-32-25-22-19-16-14-12-10-9-11-13-15-18-20-23-28-33-43(2)3)41-68-74(63,64)73-75(65,66)69-42-47-51(60)52(61)53(72-47)57-39-38-48(55)56-54(57)62/h8,17,24,26,29-30,38-39,43-47,51-53,60-61H,4-7,9-16,18-23,25,27-28,31-37,40-42H2,1-3H3,(H,63,64)(H,65,66)(H2,55,56,62)/b17-8-,29-24-,30-26-/t44-,45?,46?,47-,51-,52-,53-/m1/s1. The first-order chi connectivity index (χ1) is 36.0. The number of phosphoric ester groups is 2. The predicted molar refractivity (Wildman–Crippen MR) is 288 cm³/mol. The van der Waals surface area contributed by atoms with E-state index < -0.39 is 83.7 Å². The van der Waals surface area contributed by atoms with Gasteiger partial charge in [-0.1, -0.05) is 173 Å². The average molecular weight is 1100 g/mol. The number of anilines is 1. The predicted octanol–water partition coefficient (Wildman–Crippen LogP) is 11.2. The van der Waals surface area contributed by atoms with Gasteiger partial charge >= 0.3 is 33.3 Å². The molecule has 0 radical (unpaired) electrons. The fourth-order valence-electron chi connectivity index (χ4n) is 8.59. The van der Waals surface area contributed by atoms with Crippen LogP contribution in [0.4, 0.5) is 5.82 Å². The van der Waals surface area contributed by atoms with E-state index in [1.807, 2.05) is 12.2 Å². The SMILES string of the molecule is CCCCC/C=C\C/C=C\CC1OC1C/C=C\CCCC(=O)OC[C@H](COP(=O)(O)OP(=O)(O)OC[C@H]1O[C@@H](n2ccc(N)nc2=O)[C@H](O)[C@@H]1O)OC(=O)CCCCCCCCCCCCCCCCCCC(C)C. The van der Waals surface area contributed by atoms with Gasteiger partial charge < -0.3 is 44.7 Å². The minimum atomic E-state index is -5.44. The van der Waals surface area contributed by atoms with Gasteiger partial charge in [0.1, 0.15) is 30.7 Å². The first kappa shape index (κ1) is 66.2. The molecule has 0 aliphatic carbocycles. The molecule has 430 valence electrons. The van der Waals surface area contributed by atoms with Gasteiger partial charge in [-0.25, -0.2) is 13.9 Å². The highest BCUT2D eigenvalue weighted by Crippen LogP contribution is 2.60. The molecule has 3 rings (SSSR count). The Bertz CT molecular complexity index is 1980. The number of aromatic nitrogens is 2. The van der Waals surface area contributed by atoms with Crippen LogP contribution in [0.5, 0.6) is 0 Å². The van der Waals surface area contributed by atoms with E-state index in [1.165, 1.54) is 102 Å². The summed E-state index contributed by atoms with van der Waals surface area (Å²) >= 11 is 0. The summed E-state index contributed by atoms with van der Waals surface area (Å²) in [5, 5.41) is 21.0. The van der Waals surface area contributed by atoms with Gasteiger partial charge in [0, 0.05) is 19.0 Å². The fraction of sp³-hybridized carbons (Fsp3) is 0.778. The van der Waals surface area contributed by atoms with Gasteiger partial charge in [-0.05, 0) is 63.4 Å².